The van der Waals surface area contributed by atoms with Crippen molar-refractivity contribution in [2.75, 3.05) is 0 Å². The number of benzene rings is 1. The van der Waals surface area contributed by atoms with Crippen molar-refractivity contribution in [1.82, 2.24) is 0 Å². The van der Waals surface area contributed by atoms with E-state index in [-0.39, 0.29) is 35.9 Å². The topological polar surface area (TPSA) is 105 Å². The van der Waals surface area contributed by atoms with E-state index in [0.29, 0.717) is 23.8 Å². The maximum atomic E-state index is 12.4. The molecule has 0 spiro atoms. The molecule has 0 aliphatic carbocycles. The van der Waals surface area contributed by atoms with Gasteiger partial charge in [0.25, 0.3) is 0 Å². The van der Waals surface area contributed by atoms with Crippen LogP contribution >= 0.6 is 0 Å². The highest BCUT2D eigenvalue weighted by molar-refractivity contribution is 5.84. The Kier molecular flexibility index (Phi) is 7.58. The molecule has 0 saturated heterocycles. The van der Waals surface area contributed by atoms with Gasteiger partial charge in [0.15, 0.2) is 0 Å². The number of rotatable bonds is 11. The van der Waals surface area contributed by atoms with E-state index in [9.17, 15) is 19.5 Å². The Bertz CT molecular complexity index is 851. The molecule has 6 nitrogen and oxygen atoms in total. The van der Waals surface area contributed by atoms with Crippen molar-refractivity contribution in [1.29, 1.82) is 0 Å². The molecule has 0 aliphatic rings. The molecule has 0 aliphatic heterocycles. The van der Waals surface area contributed by atoms with Crippen LogP contribution in [-0.4, -0.2) is 22.0 Å². The number of ketones is 1. The van der Waals surface area contributed by atoms with Crippen LogP contribution in [0.1, 0.15) is 69.8 Å². The van der Waals surface area contributed by atoms with Crippen LogP contribution in [0.3, 0.4) is 0 Å². The smallest absolute Gasteiger partial charge is 0.343 e. The minimum absolute atomic E-state index is 0.0478. The quantitative estimate of drug-likeness (QED) is 0.447. The Morgan fingerprint density at radius 2 is 1.74 bits per heavy atom. The average Bonchev–Trinajstić information content (AvgIpc) is 2.60. The summed E-state index contributed by atoms with van der Waals surface area (Å²) in [5.74, 6) is -1.32. The molecular formula is C21H26O6. The zero-order valence-electron chi connectivity index (χ0n) is 15.6. The first kappa shape index (κ1) is 20.7. The van der Waals surface area contributed by atoms with Gasteiger partial charge in [0.2, 0.25) is 0 Å². The van der Waals surface area contributed by atoms with Gasteiger partial charge < -0.3 is 19.4 Å². The van der Waals surface area contributed by atoms with Gasteiger partial charge in [-0.05, 0) is 31.9 Å². The Balaban J connectivity index is 2.08. The Morgan fingerprint density at radius 3 is 2.44 bits per heavy atom. The van der Waals surface area contributed by atoms with Gasteiger partial charge in [-0.15, -0.1) is 0 Å². The van der Waals surface area contributed by atoms with Crippen molar-refractivity contribution in [3.8, 4) is 5.75 Å². The van der Waals surface area contributed by atoms with Crippen molar-refractivity contribution in [2.24, 2.45) is 0 Å². The van der Waals surface area contributed by atoms with Crippen LogP contribution in [0.2, 0.25) is 0 Å². The summed E-state index contributed by atoms with van der Waals surface area (Å²) in [6.45, 7) is 1.47. The lowest BCUT2D eigenvalue weighted by Gasteiger charge is -2.17. The van der Waals surface area contributed by atoms with Crippen molar-refractivity contribution in [3.05, 3.63) is 40.2 Å². The van der Waals surface area contributed by atoms with Gasteiger partial charge in [-0.1, -0.05) is 37.8 Å². The summed E-state index contributed by atoms with van der Waals surface area (Å²) in [4.78, 5) is 34.6. The van der Waals surface area contributed by atoms with Crippen molar-refractivity contribution in [2.45, 2.75) is 64.2 Å². The molecule has 1 unspecified atom stereocenters. The van der Waals surface area contributed by atoms with Crippen LogP contribution in [0.4, 0.5) is 0 Å². The molecule has 2 aromatic rings. The second-order valence-corrected chi connectivity index (χ2v) is 6.95. The van der Waals surface area contributed by atoms with Crippen molar-refractivity contribution < 1.29 is 24.2 Å². The normalized spacial score (nSPS) is 12.2. The fraction of sp³-hybridized carbons (Fsp3) is 0.476. The Morgan fingerprint density at radius 1 is 1.07 bits per heavy atom. The average molecular weight is 374 g/mol. The lowest BCUT2D eigenvalue weighted by molar-refractivity contribution is -0.137. The van der Waals surface area contributed by atoms with E-state index in [4.69, 9.17) is 9.52 Å². The van der Waals surface area contributed by atoms with E-state index in [1.165, 1.54) is 6.92 Å². The third kappa shape index (κ3) is 5.94. The van der Waals surface area contributed by atoms with Gasteiger partial charge in [-0.25, -0.2) is 4.79 Å². The third-order valence-corrected chi connectivity index (χ3v) is 4.71. The van der Waals surface area contributed by atoms with Crippen molar-refractivity contribution >= 4 is 22.7 Å². The molecule has 6 heteroatoms. The molecule has 146 valence electrons. The maximum absolute atomic E-state index is 12.4. The van der Waals surface area contributed by atoms with Crippen molar-refractivity contribution in [3.63, 3.8) is 0 Å². The second kappa shape index (κ2) is 9.90. The number of hydrogen-bond acceptors (Lipinski definition) is 5. The SMILES string of the molecule is CC(=O)CC(CCCCCCCC(=O)O)c1c(O)c2ccccc2oc1=O. The highest BCUT2D eigenvalue weighted by Crippen LogP contribution is 2.35. The number of hydrogen-bond donors (Lipinski definition) is 2. The largest absolute Gasteiger partial charge is 0.507 e. The number of aromatic hydroxyl groups is 1. The molecule has 2 N–H and O–H groups in total. The van der Waals surface area contributed by atoms with Gasteiger partial charge in [0.05, 0.1) is 10.9 Å². The Labute approximate surface area is 157 Å². The molecule has 1 aromatic heterocycles. The number of fused-ring (bicyclic) bond motifs is 1. The van der Waals surface area contributed by atoms with Crippen LogP contribution in [0.15, 0.2) is 33.5 Å². The van der Waals surface area contributed by atoms with Gasteiger partial charge in [-0.2, -0.15) is 0 Å². The molecule has 0 radical (unpaired) electrons. The lowest BCUT2D eigenvalue weighted by atomic mass is 9.88. The van der Waals surface area contributed by atoms with Crippen LogP contribution in [0.5, 0.6) is 5.75 Å². The van der Waals surface area contributed by atoms with E-state index in [0.717, 1.165) is 25.7 Å². The number of carboxylic acids is 1. The first-order chi connectivity index (χ1) is 12.9. The number of Topliss-reactive ketones (excluding diaryl/α,β-unsaturated/α-hetero) is 1. The fourth-order valence-electron chi connectivity index (χ4n) is 3.40. The molecule has 2 rings (SSSR count). The fourth-order valence-corrected chi connectivity index (χ4v) is 3.40. The number of carboxylic acid groups (broad SMARTS) is 1. The number of carbonyl (C=O) groups excluding carboxylic acids is 1. The molecule has 1 heterocycles. The predicted octanol–water partition coefficient (Wildman–Crippen LogP) is 4.38. The van der Waals surface area contributed by atoms with Gasteiger partial charge >= 0.3 is 11.6 Å². The summed E-state index contributed by atoms with van der Waals surface area (Å²) >= 11 is 0. The van der Waals surface area contributed by atoms with E-state index in [2.05, 4.69) is 0 Å². The predicted molar refractivity (Wildman–Crippen MR) is 102 cm³/mol. The highest BCUT2D eigenvalue weighted by atomic mass is 16.4. The summed E-state index contributed by atoms with van der Waals surface area (Å²) in [6, 6.07) is 6.78. The molecule has 1 aromatic carbocycles. The summed E-state index contributed by atoms with van der Waals surface area (Å²) in [5.41, 5.74) is -0.0996. The lowest BCUT2D eigenvalue weighted by Crippen LogP contribution is -2.15. The summed E-state index contributed by atoms with van der Waals surface area (Å²) < 4.78 is 5.34. The van der Waals surface area contributed by atoms with Crippen LogP contribution in [-0.2, 0) is 9.59 Å². The minimum atomic E-state index is -0.782. The van der Waals surface area contributed by atoms with E-state index in [1.807, 2.05) is 0 Å². The van der Waals surface area contributed by atoms with E-state index < -0.39 is 11.6 Å². The van der Waals surface area contributed by atoms with Gasteiger partial charge in [-0.3, -0.25) is 4.79 Å². The maximum Gasteiger partial charge on any atom is 0.343 e. The van der Waals surface area contributed by atoms with Crippen LogP contribution in [0.25, 0.3) is 11.0 Å². The zero-order chi connectivity index (χ0) is 19.8. The molecule has 0 fully saturated rings. The third-order valence-electron chi connectivity index (χ3n) is 4.71. The number of unbranched alkanes of at least 4 members (excludes halogenated alkanes) is 4. The summed E-state index contributed by atoms with van der Waals surface area (Å²) in [6.07, 6.45) is 5.01. The van der Waals surface area contributed by atoms with E-state index in [1.54, 1.807) is 24.3 Å². The van der Waals surface area contributed by atoms with Gasteiger partial charge in [0, 0.05) is 18.8 Å². The van der Waals surface area contributed by atoms with Gasteiger partial charge in [0.1, 0.15) is 17.1 Å². The van der Waals surface area contributed by atoms with E-state index >= 15 is 0 Å². The molecule has 1 atom stereocenters. The monoisotopic (exact) mass is 374 g/mol. The molecule has 0 bridgehead atoms. The van der Waals surface area contributed by atoms with Crippen LogP contribution in [0, 0.1) is 0 Å². The molecule has 0 amide bonds. The first-order valence-corrected chi connectivity index (χ1v) is 9.36. The Hall–Kier alpha value is -2.63. The highest BCUT2D eigenvalue weighted by Gasteiger charge is 2.24. The molecule has 0 saturated carbocycles. The molecular weight excluding hydrogens is 348 g/mol. The second-order valence-electron chi connectivity index (χ2n) is 6.95. The number of para-hydroxylation sites is 1. The molecule has 27 heavy (non-hydrogen) atoms. The number of carbonyl (C=O) groups is 2. The standard InChI is InChI=1S/C21H26O6/c1-14(22)13-15(9-5-3-2-4-6-12-18(23)24)19-20(25)16-10-7-8-11-17(16)27-21(19)26/h7-8,10-11,15,25H,2-6,9,12-13H2,1H3,(H,23,24). The summed E-state index contributed by atoms with van der Waals surface area (Å²) in [7, 11) is 0. The minimum Gasteiger partial charge on any atom is -0.507 e. The number of aliphatic carboxylic acids is 1. The zero-order valence-corrected chi connectivity index (χ0v) is 15.6. The van der Waals surface area contributed by atoms with Crippen LogP contribution < -0.4 is 5.63 Å². The summed E-state index contributed by atoms with van der Waals surface area (Å²) in [5, 5.41) is 19.7. The first-order valence-electron chi connectivity index (χ1n) is 9.36.